The molecule has 184 valence electrons. The first-order valence-electron chi connectivity index (χ1n) is 11.6. The molecule has 7 heteroatoms. The van der Waals surface area contributed by atoms with Gasteiger partial charge in [-0.3, -0.25) is 9.59 Å². The summed E-state index contributed by atoms with van der Waals surface area (Å²) in [5, 5.41) is 0.145. The Balaban J connectivity index is 1.52. The first-order valence-corrected chi connectivity index (χ1v) is 13.1. The summed E-state index contributed by atoms with van der Waals surface area (Å²) < 4.78 is 33.9. The van der Waals surface area contributed by atoms with Gasteiger partial charge in [0.15, 0.2) is 5.78 Å². The van der Waals surface area contributed by atoms with E-state index in [9.17, 15) is 18.0 Å². The van der Waals surface area contributed by atoms with Crippen molar-refractivity contribution in [1.29, 1.82) is 0 Å². The number of ether oxygens (including phenoxy) is 1. The normalized spacial score (nSPS) is 11.4. The first-order chi connectivity index (χ1) is 17.8. The molecule has 1 aromatic heterocycles. The molecule has 0 aliphatic carbocycles. The smallest absolute Gasteiger partial charge is 0.268 e. The van der Waals surface area contributed by atoms with Crippen LogP contribution in [0.2, 0.25) is 0 Å². The van der Waals surface area contributed by atoms with Gasteiger partial charge in [-0.2, -0.15) is 0 Å². The number of rotatable bonds is 7. The van der Waals surface area contributed by atoms with E-state index >= 15 is 0 Å². The van der Waals surface area contributed by atoms with Crippen LogP contribution < -0.4 is 10.2 Å². The van der Waals surface area contributed by atoms with Crippen molar-refractivity contribution >= 4 is 26.7 Å². The molecule has 0 unspecified atom stereocenters. The zero-order valence-corrected chi connectivity index (χ0v) is 20.8. The molecule has 5 aromatic rings. The number of pyridine rings is 1. The number of fused-ring (bicyclic) bond motifs is 1. The van der Waals surface area contributed by atoms with E-state index in [1.807, 2.05) is 37.3 Å². The SMILES string of the molecule is Cc1ccc(S(=O)(=O)n2cc(C(=O)c3ccc(OCc4ccccc4)cc3)c(=O)c3ccccc32)cc1. The Morgan fingerprint density at radius 1 is 0.811 bits per heavy atom. The molecule has 1 heterocycles. The van der Waals surface area contributed by atoms with E-state index in [0.717, 1.165) is 21.3 Å². The Bertz CT molecular complexity index is 1760. The van der Waals surface area contributed by atoms with Gasteiger partial charge in [-0.15, -0.1) is 0 Å². The molecule has 6 nitrogen and oxygen atoms in total. The van der Waals surface area contributed by atoms with Gasteiger partial charge in [0.25, 0.3) is 10.0 Å². The highest BCUT2D eigenvalue weighted by Gasteiger charge is 2.23. The van der Waals surface area contributed by atoms with Crippen LogP contribution >= 0.6 is 0 Å². The van der Waals surface area contributed by atoms with Crippen LogP contribution in [0, 0.1) is 6.92 Å². The third-order valence-electron chi connectivity index (χ3n) is 6.06. The molecule has 0 bridgehead atoms. The molecule has 0 aliphatic heterocycles. The van der Waals surface area contributed by atoms with Crippen molar-refractivity contribution in [3.8, 4) is 5.75 Å². The quantitative estimate of drug-likeness (QED) is 0.276. The van der Waals surface area contributed by atoms with E-state index in [1.165, 1.54) is 18.2 Å². The zero-order chi connectivity index (χ0) is 26.0. The van der Waals surface area contributed by atoms with Crippen LogP contribution in [0.5, 0.6) is 5.75 Å². The molecule has 0 spiro atoms. The Hall–Kier alpha value is -4.49. The van der Waals surface area contributed by atoms with Gasteiger partial charge in [0.2, 0.25) is 5.43 Å². The molecular weight excluding hydrogens is 486 g/mol. The summed E-state index contributed by atoms with van der Waals surface area (Å²) in [5.41, 5.74) is 1.62. The van der Waals surface area contributed by atoms with Crippen LogP contribution in [0.15, 0.2) is 119 Å². The summed E-state index contributed by atoms with van der Waals surface area (Å²) >= 11 is 0. The third-order valence-corrected chi connectivity index (χ3v) is 7.75. The molecule has 0 N–H and O–H groups in total. The van der Waals surface area contributed by atoms with Crippen molar-refractivity contribution in [2.24, 2.45) is 0 Å². The van der Waals surface area contributed by atoms with Gasteiger partial charge < -0.3 is 4.74 Å². The summed E-state index contributed by atoms with van der Waals surface area (Å²) in [5.74, 6) is -0.00325. The fourth-order valence-corrected chi connectivity index (χ4v) is 5.40. The Morgan fingerprint density at radius 2 is 1.46 bits per heavy atom. The lowest BCUT2D eigenvalue weighted by Crippen LogP contribution is -2.23. The van der Waals surface area contributed by atoms with Crippen molar-refractivity contribution in [3.63, 3.8) is 0 Å². The monoisotopic (exact) mass is 509 g/mol. The second-order valence-corrected chi connectivity index (χ2v) is 10.4. The summed E-state index contributed by atoms with van der Waals surface area (Å²) in [4.78, 5) is 26.7. The van der Waals surface area contributed by atoms with Gasteiger partial charge in [-0.05, 0) is 61.0 Å². The van der Waals surface area contributed by atoms with Gasteiger partial charge in [-0.25, -0.2) is 12.4 Å². The number of ketones is 1. The minimum absolute atomic E-state index is 0.0604. The van der Waals surface area contributed by atoms with E-state index in [2.05, 4.69) is 0 Å². The number of carbonyl (C=O) groups excluding carboxylic acids is 1. The van der Waals surface area contributed by atoms with Crippen LogP contribution in [0.4, 0.5) is 0 Å². The minimum Gasteiger partial charge on any atom is -0.489 e. The highest BCUT2D eigenvalue weighted by atomic mass is 32.2. The van der Waals surface area contributed by atoms with Crippen LogP contribution in [-0.4, -0.2) is 18.2 Å². The summed E-state index contributed by atoms with van der Waals surface area (Å²) in [7, 11) is -4.07. The average molecular weight is 510 g/mol. The van der Waals surface area contributed by atoms with Crippen LogP contribution in [0.25, 0.3) is 10.9 Å². The lowest BCUT2D eigenvalue weighted by molar-refractivity contribution is 0.103. The highest BCUT2D eigenvalue weighted by Crippen LogP contribution is 2.22. The number of carbonyl (C=O) groups is 1. The fourth-order valence-electron chi connectivity index (χ4n) is 4.03. The molecule has 0 saturated carbocycles. The Kier molecular flexibility index (Phi) is 6.46. The minimum atomic E-state index is -4.07. The van der Waals surface area contributed by atoms with Crippen molar-refractivity contribution < 1.29 is 17.9 Å². The molecule has 37 heavy (non-hydrogen) atoms. The first kappa shape index (κ1) is 24.2. The Morgan fingerprint density at radius 3 is 2.16 bits per heavy atom. The number of hydrogen-bond acceptors (Lipinski definition) is 5. The molecular formula is C30H23NO5S. The number of para-hydroxylation sites is 1. The fraction of sp³-hybridized carbons (Fsp3) is 0.0667. The number of aromatic nitrogens is 1. The molecule has 0 radical (unpaired) electrons. The molecule has 0 aliphatic rings. The molecule has 4 aromatic carbocycles. The van der Waals surface area contributed by atoms with E-state index in [-0.39, 0.29) is 26.9 Å². The molecule has 0 atom stereocenters. The largest absolute Gasteiger partial charge is 0.489 e. The zero-order valence-electron chi connectivity index (χ0n) is 20.0. The van der Waals surface area contributed by atoms with Crippen LogP contribution in [0.1, 0.15) is 27.0 Å². The maximum atomic E-state index is 13.5. The molecule has 0 fully saturated rings. The Labute approximate surface area is 214 Å². The van der Waals surface area contributed by atoms with Gasteiger partial charge in [0, 0.05) is 17.1 Å². The average Bonchev–Trinajstić information content (AvgIpc) is 2.93. The van der Waals surface area contributed by atoms with Gasteiger partial charge in [-0.1, -0.05) is 60.2 Å². The van der Waals surface area contributed by atoms with Crippen LogP contribution in [-0.2, 0) is 16.6 Å². The second-order valence-electron chi connectivity index (χ2n) is 8.63. The van der Waals surface area contributed by atoms with Crippen molar-refractivity contribution in [2.45, 2.75) is 18.4 Å². The lowest BCUT2D eigenvalue weighted by Gasteiger charge is -2.14. The molecule has 5 rings (SSSR count). The predicted molar refractivity (Wildman–Crippen MR) is 143 cm³/mol. The summed E-state index contributed by atoms with van der Waals surface area (Å²) in [6.07, 6.45) is 1.13. The van der Waals surface area contributed by atoms with E-state index in [0.29, 0.717) is 12.4 Å². The van der Waals surface area contributed by atoms with Gasteiger partial charge in [0.1, 0.15) is 12.4 Å². The van der Waals surface area contributed by atoms with Crippen molar-refractivity contribution in [2.75, 3.05) is 0 Å². The maximum absolute atomic E-state index is 13.5. The second kappa shape index (κ2) is 9.87. The van der Waals surface area contributed by atoms with Gasteiger partial charge >= 0.3 is 0 Å². The summed E-state index contributed by atoms with van der Waals surface area (Å²) in [6, 6.07) is 28.9. The molecule has 0 saturated heterocycles. The van der Waals surface area contributed by atoms with E-state index < -0.39 is 21.2 Å². The highest BCUT2D eigenvalue weighted by molar-refractivity contribution is 7.90. The predicted octanol–water partition coefficient (Wildman–Crippen LogP) is 5.36. The number of hydrogen-bond donors (Lipinski definition) is 0. The van der Waals surface area contributed by atoms with Crippen LogP contribution in [0.3, 0.4) is 0 Å². The van der Waals surface area contributed by atoms with Crippen molar-refractivity contribution in [1.82, 2.24) is 3.97 Å². The van der Waals surface area contributed by atoms with Crippen molar-refractivity contribution in [3.05, 3.63) is 142 Å². The lowest BCUT2D eigenvalue weighted by atomic mass is 10.0. The standard InChI is InChI=1S/C30H23NO5S/c1-21-11-17-25(18-12-21)37(34,35)31-19-27(30(33)26-9-5-6-10-28(26)31)29(32)23-13-15-24(16-14-23)36-20-22-7-3-2-4-8-22/h2-19H,20H2,1H3. The number of benzene rings is 4. The van der Waals surface area contributed by atoms with E-state index in [4.69, 9.17) is 4.74 Å². The maximum Gasteiger partial charge on any atom is 0.268 e. The van der Waals surface area contributed by atoms with Gasteiger partial charge in [0.05, 0.1) is 16.0 Å². The number of nitrogens with zero attached hydrogens (tertiary/aromatic N) is 1. The third kappa shape index (κ3) is 4.81. The topological polar surface area (TPSA) is 82.4 Å². The molecule has 0 amide bonds. The number of aryl methyl sites for hydroxylation is 1. The van der Waals surface area contributed by atoms with E-state index in [1.54, 1.807) is 54.6 Å². The summed E-state index contributed by atoms with van der Waals surface area (Å²) in [6.45, 7) is 2.24.